The first kappa shape index (κ1) is 14.2. The molecule has 0 aliphatic carbocycles. The van der Waals surface area contributed by atoms with E-state index in [1.165, 1.54) is 20.3 Å². The van der Waals surface area contributed by atoms with Gasteiger partial charge in [0.05, 0.1) is 24.9 Å². The Morgan fingerprint density at radius 1 is 1.35 bits per heavy atom. The van der Waals surface area contributed by atoms with E-state index in [1.807, 2.05) is 6.92 Å². The van der Waals surface area contributed by atoms with Crippen LogP contribution in [-0.2, 0) is 0 Å². The Bertz CT molecular complexity index is 667. The number of hydrogen-bond acceptors (Lipinski definition) is 4. The largest absolute Gasteiger partial charge is 0.493 e. The van der Waals surface area contributed by atoms with Gasteiger partial charge in [0.1, 0.15) is 5.69 Å². The van der Waals surface area contributed by atoms with Crippen molar-refractivity contribution in [2.24, 2.45) is 0 Å². The summed E-state index contributed by atoms with van der Waals surface area (Å²) in [7, 11) is 3.00. The first-order valence-corrected chi connectivity index (χ1v) is 6.07. The molecular formula is C13H13ClN2O4. The summed E-state index contributed by atoms with van der Waals surface area (Å²) in [5.74, 6) is -0.194. The molecule has 20 heavy (non-hydrogen) atoms. The van der Waals surface area contributed by atoms with E-state index in [0.29, 0.717) is 27.8 Å². The molecular weight excluding hydrogens is 284 g/mol. The first-order valence-electron chi connectivity index (χ1n) is 5.69. The number of carboxylic acid groups (broad SMARTS) is 1. The molecule has 0 unspecified atom stereocenters. The van der Waals surface area contributed by atoms with E-state index in [1.54, 1.807) is 6.07 Å². The number of H-pyrrole nitrogens is 1. The van der Waals surface area contributed by atoms with Gasteiger partial charge in [-0.25, -0.2) is 4.79 Å². The molecule has 0 amide bonds. The minimum Gasteiger partial charge on any atom is -0.493 e. The molecule has 0 saturated carbocycles. The summed E-state index contributed by atoms with van der Waals surface area (Å²) in [5, 5.41) is 15.7. The minimum absolute atomic E-state index is 0.00903. The van der Waals surface area contributed by atoms with Gasteiger partial charge in [0.2, 0.25) is 0 Å². The highest BCUT2D eigenvalue weighted by Crippen LogP contribution is 2.43. The Labute approximate surface area is 120 Å². The highest BCUT2D eigenvalue weighted by molar-refractivity contribution is 6.35. The van der Waals surface area contributed by atoms with Crippen molar-refractivity contribution in [1.82, 2.24) is 10.2 Å². The van der Waals surface area contributed by atoms with E-state index in [-0.39, 0.29) is 5.69 Å². The molecule has 7 heteroatoms. The molecule has 0 fully saturated rings. The van der Waals surface area contributed by atoms with Crippen LogP contribution in [0.4, 0.5) is 0 Å². The molecule has 2 N–H and O–H groups in total. The van der Waals surface area contributed by atoms with E-state index >= 15 is 0 Å². The summed E-state index contributed by atoms with van der Waals surface area (Å²) in [5.41, 5.74) is 1.83. The number of aromatic carboxylic acids is 1. The summed E-state index contributed by atoms with van der Waals surface area (Å²) >= 11 is 6.32. The lowest BCUT2D eigenvalue weighted by molar-refractivity contribution is 0.0690. The van der Waals surface area contributed by atoms with Gasteiger partial charge >= 0.3 is 5.97 Å². The first-order chi connectivity index (χ1) is 9.49. The summed E-state index contributed by atoms with van der Waals surface area (Å²) in [6.07, 6.45) is 0. The average molecular weight is 297 g/mol. The number of aromatic amines is 1. The van der Waals surface area contributed by atoms with Crippen LogP contribution in [0.15, 0.2) is 12.1 Å². The Kier molecular flexibility index (Phi) is 3.85. The number of nitrogens with zero attached hydrogens (tertiary/aromatic N) is 1. The van der Waals surface area contributed by atoms with Crippen LogP contribution in [0.25, 0.3) is 11.3 Å². The molecule has 1 heterocycles. The molecule has 0 saturated heterocycles. The highest BCUT2D eigenvalue weighted by Gasteiger charge is 2.20. The van der Waals surface area contributed by atoms with Crippen LogP contribution in [0.1, 0.15) is 16.1 Å². The number of ether oxygens (including phenoxy) is 2. The van der Waals surface area contributed by atoms with Gasteiger partial charge in [-0.15, -0.1) is 0 Å². The van der Waals surface area contributed by atoms with E-state index in [0.717, 1.165) is 5.56 Å². The predicted molar refractivity (Wildman–Crippen MR) is 73.8 cm³/mol. The molecule has 0 radical (unpaired) electrons. The monoisotopic (exact) mass is 296 g/mol. The number of carbonyl (C=O) groups is 1. The molecule has 6 nitrogen and oxygen atoms in total. The Balaban J connectivity index is 2.64. The molecule has 106 valence electrons. The maximum Gasteiger partial charge on any atom is 0.353 e. The second-order valence-electron chi connectivity index (χ2n) is 4.09. The van der Waals surface area contributed by atoms with Crippen LogP contribution in [-0.4, -0.2) is 35.5 Å². The van der Waals surface area contributed by atoms with E-state index in [9.17, 15) is 4.79 Å². The SMILES string of the molecule is COc1cc(C)c(-c2cc(C(=O)O)[nH]n2)c(Cl)c1OC. The van der Waals surface area contributed by atoms with Crippen LogP contribution in [0, 0.1) is 6.92 Å². The fourth-order valence-electron chi connectivity index (χ4n) is 1.94. The fourth-order valence-corrected chi connectivity index (χ4v) is 2.36. The van der Waals surface area contributed by atoms with Gasteiger partial charge in [-0.05, 0) is 24.6 Å². The molecule has 1 aromatic carbocycles. The quantitative estimate of drug-likeness (QED) is 0.906. The lowest BCUT2D eigenvalue weighted by Gasteiger charge is -2.14. The molecule has 1 aromatic heterocycles. The zero-order valence-electron chi connectivity index (χ0n) is 11.2. The third-order valence-electron chi connectivity index (χ3n) is 2.87. The summed E-state index contributed by atoms with van der Waals surface area (Å²) in [6, 6.07) is 3.18. The lowest BCUT2D eigenvalue weighted by atomic mass is 10.0. The molecule has 0 atom stereocenters. The maximum absolute atomic E-state index is 10.9. The van der Waals surface area contributed by atoms with Gasteiger partial charge in [0.15, 0.2) is 11.5 Å². The Hall–Kier alpha value is -2.21. The zero-order valence-corrected chi connectivity index (χ0v) is 11.9. The number of halogens is 1. The number of aromatic nitrogens is 2. The molecule has 2 rings (SSSR count). The molecule has 0 aliphatic heterocycles. The third kappa shape index (κ3) is 2.30. The van der Waals surface area contributed by atoms with Crippen LogP contribution >= 0.6 is 11.6 Å². The molecule has 0 aliphatic rings. The standard InChI is InChI=1S/C13H13ClN2O4/c1-6-4-9(19-2)12(20-3)11(14)10(6)7-5-8(13(17)18)16-15-7/h4-5H,1-3H3,(H,15,16)(H,17,18). The van der Waals surface area contributed by atoms with Crippen molar-refractivity contribution in [3.8, 4) is 22.8 Å². The normalized spacial score (nSPS) is 10.4. The van der Waals surface area contributed by atoms with Gasteiger partial charge in [-0.2, -0.15) is 5.10 Å². The highest BCUT2D eigenvalue weighted by atomic mass is 35.5. The topological polar surface area (TPSA) is 84.4 Å². The number of benzene rings is 1. The lowest BCUT2D eigenvalue weighted by Crippen LogP contribution is -1.96. The van der Waals surface area contributed by atoms with Crippen LogP contribution in [0.5, 0.6) is 11.5 Å². The Morgan fingerprint density at radius 3 is 2.55 bits per heavy atom. The van der Waals surface area contributed by atoms with Crippen molar-refractivity contribution >= 4 is 17.6 Å². The smallest absolute Gasteiger partial charge is 0.353 e. The van der Waals surface area contributed by atoms with Gasteiger partial charge in [-0.1, -0.05) is 11.6 Å². The van der Waals surface area contributed by atoms with Crippen LogP contribution < -0.4 is 9.47 Å². The maximum atomic E-state index is 10.9. The molecule has 0 spiro atoms. The molecule has 2 aromatic rings. The number of rotatable bonds is 4. The molecule has 0 bridgehead atoms. The van der Waals surface area contributed by atoms with Crippen LogP contribution in [0.2, 0.25) is 5.02 Å². The third-order valence-corrected chi connectivity index (χ3v) is 3.23. The summed E-state index contributed by atoms with van der Waals surface area (Å²) in [6.45, 7) is 1.83. The number of carboxylic acids is 1. The van der Waals surface area contributed by atoms with Crippen molar-refractivity contribution in [2.75, 3.05) is 14.2 Å². The minimum atomic E-state index is -1.09. The van der Waals surface area contributed by atoms with E-state index in [2.05, 4.69) is 10.2 Å². The van der Waals surface area contributed by atoms with Gasteiger partial charge in [0.25, 0.3) is 0 Å². The van der Waals surface area contributed by atoms with Crippen molar-refractivity contribution in [3.63, 3.8) is 0 Å². The van der Waals surface area contributed by atoms with Crippen molar-refractivity contribution in [2.45, 2.75) is 6.92 Å². The van der Waals surface area contributed by atoms with Gasteiger partial charge in [0, 0.05) is 5.56 Å². The fraction of sp³-hybridized carbons (Fsp3) is 0.231. The second kappa shape index (κ2) is 5.42. The number of aryl methyl sites for hydroxylation is 1. The van der Waals surface area contributed by atoms with Gasteiger partial charge < -0.3 is 14.6 Å². The number of methoxy groups -OCH3 is 2. The number of hydrogen-bond donors (Lipinski definition) is 2. The van der Waals surface area contributed by atoms with Crippen LogP contribution in [0.3, 0.4) is 0 Å². The second-order valence-corrected chi connectivity index (χ2v) is 4.47. The number of nitrogens with one attached hydrogen (secondary N) is 1. The van der Waals surface area contributed by atoms with E-state index in [4.69, 9.17) is 26.2 Å². The Morgan fingerprint density at radius 2 is 2.05 bits per heavy atom. The van der Waals surface area contributed by atoms with Crippen molar-refractivity contribution < 1.29 is 19.4 Å². The van der Waals surface area contributed by atoms with Gasteiger partial charge in [-0.3, -0.25) is 5.10 Å². The van der Waals surface area contributed by atoms with Crippen molar-refractivity contribution in [1.29, 1.82) is 0 Å². The average Bonchev–Trinajstić information content (AvgIpc) is 2.87. The summed E-state index contributed by atoms with van der Waals surface area (Å²) in [4.78, 5) is 10.9. The van der Waals surface area contributed by atoms with E-state index < -0.39 is 5.97 Å². The zero-order chi connectivity index (χ0) is 14.9. The summed E-state index contributed by atoms with van der Waals surface area (Å²) < 4.78 is 10.4. The van der Waals surface area contributed by atoms with Crippen molar-refractivity contribution in [3.05, 3.63) is 28.4 Å². The predicted octanol–water partition coefficient (Wildman–Crippen LogP) is 2.75.